The van der Waals surface area contributed by atoms with E-state index >= 15 is 0 Å². The third-order valence-electron chi connectivity index (χ3n) is 1.70. The fourth-order valence-electron chi connectivity index (χ4n) is 0.869. The summed E-state index contributed by atoms with van der Waals surface area (Å²) in [6.45, 7) is 4.83. The van der Waals surface area contributed by atoms with Crippen LogP contribution in [0.15, 0.2) is 12.2 Å². The molecule has 18 heavy (non-hydrogen) atoms. The summed E-state index contributed by atoms with van der Waals surface area (Å²) in [5, 5.41) is 8.34. The Morgan fingerprint density at radius 2 is 1.72 bits per heavy atom. The van der Waals surface area contributed by atoms with E-state index in [4.69, 9.17) is 9.84 Å². The molecule has 0 heterocycles. The first-order valence-electron chi connectivity index (χ1n) is 5.13. The van der Waals surface area contributed by atoms with Crippen LogP contribution in [0.25, 0.3) is 0 Å². The van der Waals surface area contributed by atoms with E-state index in [0.29, 0.717) is 0 Å². The summed E-state index contributed by atoms with van der Waals surface area (Å²) in [6.07, 6.45) is 0.209. The molecule has 7 heteroatoms. The van der Waals surface area contributed by atoms with Gasteiger partial charge in [0, 0.05) is 18.4 Å². The maximum Gasteiger partial charge on any atom is 2.00 e. The van der Waals surface area contributed by atoms with Gasteiger partial charge in [0.1, 0.15) is 13.2 Å². The Hall–Kier alpha value is -1.08. The average molecular weight is 271 g/mol. The number of hydrogen-bond acceptors (Lipinski definition) is 5. The summed E-state index contributed by atoms with van der Waals surface area (Å²) in [7, 11) is 0. The molecule has 0 radical (unpaired) electrons. The molecule has 0 saturated carbocycles. The zero-order valence-electron chi connectivity index (χ0n) is 12.4. The topological polar surface area (TPSA) is 89.9 Å². The van der Waals surface area contributed by atoms with Gasteiger partial charge in [-0.3, -0.25) is 9.59 Å². The van der Waals surface area contributed by atoms with Gasteiger partial charge in [0.2, 0.25) is 0 Å². The smallest absolute Gasteiger partial charge is 1.00 e. The van der Waals surface area contributed by atoms with Crippen molar-refractivity contribution >= 4 is 41.0 Å². The van der Waals surface area contributed by atoms with Gasteiger partial charge in [-0.25, -0.2) is 4.79 Å². The Bertz CT molecular complexity index is 322. The minimum absolute atomic E-state index is 0. The van der Waals surface area contributed by atoms with Crippen molar-refractivity contribution in [1.29, 1.82) is 0 Å². The van der Waals surface area contributed by atoms with Crippen LogP contribution < -0.4 is 0 Å². The third-order valence-corrected chi connectivity index (χ3v) is 1.70. The molecule has 0 aliphatic rings. The minimum Gasteiger partial charge on any atom is -1.00 e. The molecule has 100 valence electrons. The summed E-state index contributed by atoms with van der Waals surface area (Å²) in [5.74, 6) is -1.99. The number of esters is 2. The van der Waals surface area contributed by atoms with Crippen LogP contribution in [0, 0.1) is 0 Å². The van der Waals surface area contributed by atoms with Gasteiger partial charge >= 0.3 is 41.0 Å². The number of ether oxygens (including phenoxy) is 2. The predicted octanol–water partition coefficient (Wildman–Crippen LogP) is 0.748. The SMILES string of the molecule is C=C(C)C(=O)OCCOC(=O)CCCC(=O)O.[H-].[H-].[Mg+2]. The number of rotatable bonds is 8. The van der Waals surface area contributed by atoms with Gasteiger partial charge in [-0.05, 0) is 13.3 Å². The van der Waals surface area contributed by atoms with Gasteiger partial charge in [0.05, 0.1) is 0 Å². The average Bonchev–Trinajstić information content (AvgIpc) is 2.23. The second-order valence-electron chi connectivity index (χ2n) is 3.38. The van der Waals surface area contributed by atoms with E-state index in [1.54, 1.807) is 0 Å². The zero-order valence-corrected chi connectivity index (χ0v) is 11.9. The van der Waals surface area contributed by atoms with Crippen molar-refractivity contribution in [3.8, 4) is 0 Å². The van der Waals surface area contributed by atoms with E-state index in [1.807, 2.05) is 0 Å². The van der Waals surface area contributed by atoms with Crippen molar-refractivity contribution < 1.29 is 31.8 Å². The third kappa shape index (κ3) is 11.4. The minimum atomic E-state index is -0.951. The molecule has 0 aromatic carbocycles. The van der Waals surface area contributed by atoms with Crippen LogP contribution in [-0.2, 0) is 23.9 Å². The molecule has 0 aliphatic heterocycles. The van der Waals surface area contributed by atoms with Crippen LogP contribution in [-0.4, -0.2) is 59.3 Å². The number of hydrogen-bond donors (Lipinski definition) is 1. The van der Waals surface area contributed by atoms with Crippen molar-refractivity contribution in [1.82, 2.24) is 0 Å². The first-order chi connectivity index (χ1) is 7.93. The predicted molar refractivity (Wildman–Crippen MR) is 66.2 cm³/mol. The standard InChI is InChI=1S/C11H16O6.Mg.2H/c1-8(2)11(15)17-7-6-16-10(14)5-3-4-9(12)13;;;/h1,3-7H2,2H3,(H,12,13);;;/q;+2;2*-1. The number of carbonyl (C=O) groups excluding carboxylic acids is 2. The molecule has 0 unspecified atom stereocenters. The molecule has 1 N–H and O–H groups in total. The molecule has 0 aromatic heterocycles. The van der Waals surface area contributed by atoms with Crippen molar-refractivity contribution in [3.63, 3.8) is 0 Å². The van der Waals surface area contributed by atoms with Crippen molar-refractivity contribution in [2.75, 3.05) is 13.2 Å². The molecule has 0 aromatic rings. The van der Waals surface area contributed by atoms with E-state index in [2.05, 4.69) is 11.3 Å². The first-order valence-corrected chi connectivity index (χ1v) is 5.13. The summed E-state index contributed by atoms with van der Waals surface area (Å²) in [4.78, 5) is 32.1. The van der Waals surface area contributed by atoms with Crippen LogP contribution in [0.3, 0.4) is 0 Å². The molecule has 0 aliphatic carbocycles. The van der Waals surface area contributed by atoms with E-state index in [1.165, 1.54) is 6.92 Å². The van der Waals surface area contributed by atoms with Crippen molar-refractivity contribution in [2.24, 2.45) is 0 Å². The Kier molecular flexibility index (Phi) is 11.8. The van der Waals surface area contributed by atoms with Gasteiger partial charge < -0.3 is 17.4 Å². The normalized spacial score (nSPS) is 8.94. The van der Waals surface area contributed by atoms with Gasteiger partial charge in [0.15, 0.2) is 0 Å². The number of carbonyl (C=O) groups is 3. The van der Waals surface area contributed by atoms with Crippen LogP contribution >= 0.6 is 0 Å². The maximum absolute atomic E-state index is 11.0. The zero-order chi connectivity index (χ0) is 13.3. The molecule has 0 saturated heterocycles. The molecular weight excluding hydrogens is 252 g/mol. The van der Waals surface area contributed by atoms with Gasteiger partial charge in [-0.15, -0.1) is 0 Å². The summed E-state index contributed by atoms with van der Waals surface area (Å²) in [5.41, 5.74) is 0.276. The van der Waals surface area contributed by atoms with Gasteiger partial charge in [-0.2, -0.15) is 0 Å². The molecule has 0 spiro atoms. The molecule has 0 rings (SSSR count). The quantitative estimate of drug-likeness (QED) is 0.303. The second-order valence-corrected chi connectivity index (χ2v) is 3.38. The van der Waals surface area contributed by atoms with Gasteiger partial charge in [-0.1, -0.05) is 6.58 Å². The Balaban J connectivity index is -0.000000427. The number of carboxylic acid groups (broad SMARTS) is 1. The van der Waals surface area contributed by atoms with Crippen molar-refractivity contribution in [2.45, 2.75) is 26.2 Å². The van der Waals surface area contributed by atoms with E-state index in [-0.39, 0.29) is 64.0 Å². The van der Waals surface area contributed by atoms with Crippen LogP contribution in [0.4, 0.5) is 0 Å². The molecule has 6 nitrogen and oxygen atoms in total. The molecule has 0 bridgehead atoms. The fourth-order valence-corrected chi connectivity index (χ4v) is 0.869. The summed E-state index contributed by atoms with van der Waals surface area (Å²) < 4.78 is 9.40. The van der Waals surface area contributed by atoms with Crippen LogP contribution in [0.1, 0.15) is 29.0 Å². The Labute approximate surface area is 124 Å². The second kappa shape index (κ2) is 11.0. The van der Waals surface area contributed by atoms with E-state index in [9.17, 15) is 14.4 Å². The number of carboxylic acids is 1. The fraction of sp³-hybridized carbons (Fsp3) is 0.545. The van der Waals surface area contributed by atoms with E-state index in [0.717, 1.165) is 0 Å². The number of aliphatic carboxylic acids is 1. The van der Waals surface area contributed by atoms with Crippen LogP contribution in [0.5, 0.6) is 0 Å². The monoisotopic (exact) mass is 270 g/mol. The molecule has 0 atom stereocenters. The molecule has 0 amide bonds. The largest absolute Gasteiger partial charge is 2.00 e. The molecule has 0 fully saturated rings. The Morgan fingerprint density at radius 1 is 1.17 bits per heavy atom. The Morgan fingerprint density at radius 3 is 2.22 bits per heavy atom. The molecular formula is C11H18MgO6. The van der Waals surface area contributed by atoms with Crippen LogP contribution in [0.2, 0.25) is 0 Å². The maximum atomic E-state index is 11.0. The first kappa shape index (κ1) is 19.3. The van der Waals surface area contributed by atoms with E-state index < -0.39 is 17.9 Å². The summed E-state index contributed by atoms with van der Waals surface area (Å²) in [6, 6.07) is 0. The summed E-state index contributed by atoms with van der Waals surface area (Å²) >= 11 is 0. The van der Waals surface area contributed by atoms with Crippen molar-refractivity contribution in [3.05, 3.63) is 12.2 Å². The van der Waals surface area contributed by atoms with Gasteiger partial charge in [0.25, 0.3) is 0 Å².